The van der Waals surface area contributed by atoms with Crippen LogP contribution in [0.1, 0.15) is 11.5 Å². The van der Waals surface area contributed by atoms with Gasteiger partial charge in [-0.1, -0.05) is 35.3 Å². The van der Waals surface area contributed by atoms with E-state index in [1.807, 2.05) is 42.9 Å². The van der Waals surface area contributed by atoms with E-state index >= 15 is 0 Å². The Labute approximate surface area is 179 Å². The maximum Gasteiger partial charge on any atom is 0.191 e. The van der Waals surface area contributed by atoms with Gasteiger partial charge in [-0.2, -0.15) is 0 Å². The van der Waals surface area contributed by atoms with Crippen LogP contribution in [0.4, 0.5) is 0 Å². The molecule has 0 aliphatic heterocycles. The monoisotopic (exact) mass is 506 g/mol. The molecule has 2 aromatic heterocycles. The van der Waals surface area contributed by atoms with E-state index in [9.17, 15) is 0 Å². The number of imidazole rings is 1. The topological polar surface area (TPSA) is 59.2 Å². The third-order valence-corrected chi connectivity index (χ3v) is 5.01. The lowest BCUT2D eigenvalue weighted by molar-refractivity contribution is 0.720. The number of guanidine groups is 1. The number of nitrogens with zero attached hydrogens (tertiary/aromatic N) is 4. The molecule has 0 fully saturated rings. The van der Waals surface area contributed by atoms with Crippen molar-refractivity contribution in [1.29, 1.82) is 0 Å². The molecule has 0 saturated carbocycles. The Morgan fingerprint density at radius 1 is 1.12 bits per heavy atom. The average Bonchev–Trinajstić information content (AvgIpc) is 3.07. The van der Waals surface area contributed by atoms with Crippen molar-refractivity contribution >= 4 is 64.2 Å². The minimum Gasteiger partial charge on any atom is -0.351 e. The molecule has 140 valence electrons. The van der Waals surface area contributed by atoms with Crippen LogP contribution in [0.25, 0.3) is 11.0 Å². The molecular weight excluding hydrogens is 486 g/mol. The molecule has 0 aliphatic carbocycles. The standard InChI is InChI=1S/C17H20Cl2N6.HI/c1-20-17(21-9-11-8-12(18)16(19)24(11)2)22-10-15-23-13-6-4-5-7-14(13)25(15)3;/h4-8H,9-10H2,1-3H3,(H2,20,21,22);1H. The Bertz CT molecular complexity index is 931. The van der Waals surface area contributed by atoms with Gasteiger partial charge in [0.1, 0.15) is 11.0 Å². The lowest BCUT2D eigenvalue weighted by Crippen LogP contribution is -2.37. The number of hydrogen-bond donors (Lipinski definition) is 2. The van der Waals surface area contributed by atoms with Gasteiger partial charge < -0.3 is 19.8 Å². The van der Waals surface area contributed by atoms with Crippen molar-refractivity contribution in [2.24, 2.45) is 19.1 Å². The zero-order chi connectivity index (χ0) is 18.0. The van der Waals surface area contributed by atoms with Crippen LogP contribution < -0.4 is 10.6 Å². The van der Waals surface area contributed by atoms with E-state index in [2.05, 4.69) is 31.2 Å². The zero-order valence-corrected chi connectivity index (χ0v) is 18.6. The molecule has 3 aromatic rings. The normalized spacial score (nSPS) is 11.5. The predicted octanol–water partition coefficient (Wildman–Crippen LogP) is 3.70. The first kappa shape index (κ1) is 20.9. The van der Waals surface area contributed by atoms with Crippen LogP contribution in [0.15, 0.2) is 35.3 Å². The van der Waals surface area contributed by atoms with Gasteiger partial charge in [0, 0.05) is 26.8 Å². The van der Waals surface area contributed by atoms with E-state index in [-0.39, 0.29) is 24.0 Å². The van der Waals surface area contributed by atoms with Gasteiger partial charge in [0.15, 0.2) is 5.96 Å². The van der Waals surface area contributed by atoms with Crippen molar-refractivity contribution in [2.45, 2.75) is 13.1 Å². The minimum atomic E-state index is 0. The highest BCUT2D eigenvalue weighted by Crippen LogP contribution is 2.24. The van der Waals surface area contributed by atoms with Crippen LogP contribution >= 0.6 is 47.2 Å². The van der Waals surface area contributed by atoms with E-state index in [4.69, 9.17) is 23.2 Å². The fourth-order valence-corrected chi connectivity index (χ4v) is 3.09. The average molecular weight is 507 g/mol. The van der Waals surface area contributed by atoms with Gasteiger partial charge in [-0.15, -0.1) is 24.0 Å². The first-order valence-electron chi connectivity index (χ1n) is 7.85. The molecule has 0 unspecified atom stereocenters. The van der Waals surface area contributed by atoms with Crippen molar-refractivity contribution in [3.05, 3.63) is 52.0 Å². The van der Waals surface area contributed by atoms with Crippen molar-refractivity contribution in [1.82, 2.24) is 24.8 Å². The fraction of sp³-hybridized carbons (Fsp3) is 0.294. The van der Waals surface area contributed by atoms with Gasteiger partial charge in [0.05, 0.1) is 29.1 Å². The van der Waals surface area contributed by atoms with Gasteiger partial charge in [-0.05, 0) is 18.2 Å². The molecule has 1 aromatic carbocycles. The second-order valence-electron chi connectivity index (χ2n) is 5.69. The first-order valence-corrected chi connectivity index (χ1v) is 8.61. The highest BCUT2D eigenvalue weighted by molar-refractivity contribution is 14.0. The second kappa shape index (κ2) is 8.96. The Balaban J connectivity index is 0.00000243. The number of aryl methyl sites for hydroxylation is 1. The summed E-state index contributed by atoms with van der Waals surface area (Å²) in [6.07, 6.45) is 0. The van der Waals surface area contributed by atoms with Crippen LogP contribution in [0.3, 0.4) is 0 Å². The van der Waals surface area contributed by atoms with Crippen LogP contribution in [-0.2, 0) is 27.2 Å². The zero-order valence-electron chi connectivity index (χ0n) is 14.8. The second-order valence-corrected chi connectivity index (χ2v) is 6.45. The van der Waals surface area contributed by atoms with Crippen LogP contribution in [0.5, 0.6) is 0 Å². The van der Waals surface area contributed by atoms with Gasteiger partial charge in [0.25, 0.3) is 0 Å². The molecule has 0 spiro atoms. The van der Waals surface area contributed by atoms with E-state index in [1.165, 1.54) is 0 Å². The van der Waals surface area contributed by atoms with Gasteiger partial charge in [-0.25, -0.2) is 4.98 Å². The largest absolute Gasteiger partial charge is 0.351 e. The molecule has 0 bridgehead atoms. The van der Waals surface area contributed by atoms with Crippen molar-refractivity contribution in [2.75, 3.05) is 7.05 Å². The molecule has 0 aliphatic rings. The fourth-order valence-electron chi connectivity index (χ4n) is 2.67. The van der Waals surface area contributed by atoms with Gasteiger partial charge >= 0.3 is 0 Å². The van der Waals surface area contributed by atoms with E-state index in [0.717, 1.165) is 22.6 Å². The summed E-state index contributed by atoms with van der Waals surface area (Å²) in [5, 5.41) is 7.61. The number of para-hydroxylation sites is 2. The quantitative estimate of drug-likeness (QED) is 0.322. The summed E-state index contributed by atoms with van der Waals surface area (Å²) in [5.74, 6) is 1.62. The summed E-state index contributed by atoms with van der Waals surface area (Å²) >= 11 is 12.1. The number of halogens is 3. The number of rotatable bonds is 4. The summed E-state index contributed by atoms with van der Waals surface area (Å²) in [6, 6.07) is 9.91. The lowest BCUT2D eigenvalue weighted by Gasteiger charge is -2.12. The summed E-state index contributed by atoms with van der Waals surface area (Å²) in [4.78, 5) is 8.89. The van der Waals surface area contributed by atoms with Gasteiger partial charge in [0.2, 0.25) is 0 Å². The molecule has 0 saturated heterocycles. The number of nitrogens with one attached hydrogen (secondary N) is 2. The SMILES string of the molecule is CN=C(NCc1cc(Cl)c(Cl)n1C)NCc1nc2ccccc2n1C.I. The van der Waals surface area contributed by atoms with E-state index in [1.54, 1.807) is 7.05 Å². The highest BCUT2D eigenvalue weighted by atomic mass is 127. The van der Waals surface area contributed by atoms with Crippen LogP contribution in [0, 0.1) is 0 Å². The highest BCUT2D eigenvalue weighted by Gasteiger charge is 2.10. The smallest absolute Gasteiger partial charge is 0.191 e. The maximum atomic E-state index is 6.09. The molecule has 0 atom stereocenters. The van der Waals surface area contributed by atoms with Gasteiger partial charge in [-0.3, -0.25) is 4.99 Å². The Hall–Kier alpha value is -1.45. The molecule has 2 heterocycles. The van der Waals surface area contributed by atoms with Crippen molar-refractivity contribution in [3.63, 3.8) is 0 Å². The number of fused-ring (bicyclic) bond motifs is 1. The number of aromatic nitrogens is 3. The molecule has 6 nitrogen and oxygen atoms in total. The van der Waals surface area contributed by atoms with Crippen molar-refractivity contribution < 1.29 is 0 Å². The summed E-state index contributed by atoms with van der Waals surface area (Å²) in [7, 11) is 5.62. The molecule has 2 N–H and O–H groups in total. The number of aliphatic imine (C=N–C) groups is 1. The molecule has 26 heavy (non-hydrogen) atoms. The summed E-state index contributed by atoms with van der Waals surface area (Å²) in [6.45, 7) is 1.13. The van der Waals surface area contributed by atoms with E-state index < -0.39 is 0 Å². The van der Waals surface area contributed by atoms with Crippen LogP contribution in [-0.4, -0.2) is 27.1 Å². The number of hydrogen-bond acceptors (Lipinski definition) is 2. The number of benzene rings is 1. The first-order chi connectivity index (χ1) is 12.0. The lowest BCUT2D eigenvalue weighted by atomic mass is 10.3. The minimum absolute atomic E-state index is 0. The summed E-state index contributed by atoms with van der Waals surface area (Å²) in [5.41, 5.74) is 3.06. The molecule has 0 amide bonds. The summed E-state index contributed by atoms with van der Waals surface area (Å²) < 4.78 is 3.92. The Morgan fingerprint density at radius 3 is 2.42 bits per heavy atom. The molecule has 3 rings (SSSR count). The van der Waals surface area contributed by atoms with Crippen LogP contribution in [0.2, 0.25) is 10.2 Å². The third-order valence-electron chi connectivity index (χ3n) is 4.17. The van der Waals surface area contributed by atoms with E-state index in [0.29, 0.717) is 29.2 Å². The Kier molecular flexibility index (Phi) is 7.19. The molecule has 9 heteroatoms. The Morgan fingerprint density at radius 2 is 1.81 bits per heavy atom. The third kappa shape index (κ3) is 4.27. The molecule has 0 radical (unpaired) electrons. The molecular formula is C17H21Cl2IN6. The maximum absolute atomic E-state index is 6.09. The predicted molar refractivity (Wildman–Crippen MR) is 119 cm³/mol. The van der Waals surface area contributed by atoms with Crippen molar-refractivity contribution in [3.8, 4) is 0 Å².